The highest BCUT2D eigenvalue weighted by molar-refractivity contribution is 14.0. The number of rotatable bonds is 7. The molecule has 2 amide bonds. The first-order chi connectivity index (χ1) is 12.5. The van der Waals surface area contributed by atoms with E-state index >= 15 is 0 Å². The number of halogens is 1. The van der Waals surface area contributed by atoms with Gasteiger partial charge in [-0.2, -0.15) is 0 Å². The number of hydrogen-bond donors (Lipinski definition) is 4. The molecule has 1 unspecified atom stereocenters. The molecular formula is C16H32IN5O5S. The molecule has 1 atom stereocenters. The van der Waals surface area contributed by atoms with E-state index in [1.165, 1.54) is 0 Å². The van der Waals surface area contributed by atoms with E-state index < -0.39 is 21.5 Å². The molecule has 12 heteroatoms. The minimum absolute atomic E-state index is 0. The second-order valence-electron chi connectivity index (χ2n) is 7.27. The van der Waals surface area contributed by atoms with Crippen LogP contribution in [0.15, 0.2) is 4.99 Å². The Labute approximate surface area is 184 Å². The topological polar surface area (TPSA) is 138 Å². The summed E-state index contributed by atoms with van der Waals surface area (Å²) in [5.41, 5.74) is -0.543. The van der Waals surface area contributed by atoms with Crippen LogP contribution in [-0.4, -0.2) is 76.2 Å². The van der Waals surface area contributed by atoms with Crippen LogP contribution in [0.3, 0.4) is 0 Å². The number of ether oxygens (including phenoxy) is 1. The summed E-state index contributed by atoms with van der Waals surface area (Å²) in [7, 11) is -1.41. The molecule has 0 aromatic carbocycles. The molecule has 0 aliphatic carbocycles. The fourth-order valence-corrected chi connectivity index (χ4v) is 4.06. The van der Waals surface area contributed by atoms with Gasteiger partial charge in [-0.25, -0.2) is 13.2 Å². The van der Waals surface area contributed by atoms with Crippen molar-refractivity contribution in [2.24, 2.45) is 4.99 Å². The highest BCUT2D eigenvalue weighted by atomic mass is 127. The third-order valence-electron chi connectivity index (χ3n) is 3.55. The van der Waals surface area contributed by atoms with Crippen LogP contribution in [0.5, 0.6) is 0 Å². The number of alkyl carbamates (subject to hydrolysis) is 1. The summed E-state index contributed by atoms with van der Waals surface area (Å²) in [5, 5.41) is 11.3. The van der Waals surface area contributed by atoms with E-state index in [0.717, 1.165) is 0 Å². The maximum atomic E-state index is 11.9. The average molecular weight is 533 g/mol. The van der Waals surface area contributed by atoms with Crippen molar-refractivity contribution in [3.05, 3.63) is 0 Å². The molecule has 10 nitrogen and oxygen atoms in total. The molecule has 0 saturated carbocycles. The lowest BCUT2D eigenvalue weighted by Gasteiger charge is -2.20. The van der Waals surface area contributed by atoms with Crippen LogP contribution in [-0.2, 0) is 19.4 Å². The van der Waals surface area contributed by atoms with Gasteiger partial charge in [0.05, 0.1) is 11.5 Å². The van der Waals surface area contributed by atoms with Crippen LogP contribution in [0.2, 0.25) is 0 Å². The Morgan fingerprint density at radius 3 is 2.25 bits per heavy atom. The van der Waals surface area contributed by atoms with Crippen molar-refractivity contribution in [1.82, 2.24) is 21.3 Å². The first kappa shape index (κ1) is 26.7. The number of nitrogens with zero attached hydrogens (tertiary/aromatic N) is 1. The van der Waals surface area contributed by atoms with Gasteiger partial charge in [-0.1, -0.05) is 0 Å². The van der Waals surface area contributed by atoms with Crippen molar-refractivity contribution in [2.75, 3.05) is 38.2 Å². The molecule has 1 heterocycles. The first-order valence-electron chi connectivity index (χ1n) is 8.92. The Morgan fingerprint density at radius 1 is 1.11 bits per heavy atom. The Balaban J connectivity index is 0.00000729. The van der Waals surface area contributed by atoms with Crippen molar-refractivity contribution in [1.29, 1.82) is 0 Å². The maximum absolute atomic E-state index is 11.9. The minimum atomic E-state index is -3.01. The number of hydrogen-bond acceptors (Lipinski definition) is 6. The van der Waals surface area contributed by atoms with Crippen LogP contribution in [0.25, 0.3) is 0 Å². The third-order valence-corrected chi connectivity index (χ3v) is 5.32. The highest BCUT2D eigenvalue weighted by Gasteiger charge is 2.28. The van der Waals surface area contributed by atoms with E-state index in [0.29, 0.717) is 32.0 Å². The smallest absolute Gasteiger partial charge is 0.407 e. The fraction of sp³-hybridized carbons (Fsp3) is 0.812. The van der Waals surface area contributed by atoms with E-state index in [2.05, 4.69) is 26.3 Å². The fourth-order valence-electron chi connectivity index (χ4n) is 2.38. The number of sulfone groups is 1. The molecule has 1 aliphatic rings. The summed E-state index contributed by atoms with van der Waals surface area (Å²) < 4.78 is 27.9. The molecule has 0 radical (unpaired) electrons. The summed E-state index contributed by atoms with van der Waals surface area (Å²) >= 11 is 0. The quantitative estimate of drug-likeness (QED) is 0.156. The van der Waals surface area contributed by atoms with Crippen molar-refractivity contribution >= 4 is 51.8 Å². The molecule has 0 aromatic rings. The van der Waals surface area contributed by atoms with Crippen molar-refractivity contribution in [2.45, 2.75) is 45.3 Å². The van der Waals surface area contributed by atoms with Crippen LogP contribution in [0, 0.1) is 0 Å². The molecular weight excluding hydrogens is 501 g/mol. The number of aliphatic imine (C=N–C) groups is 1. The lowest BCUT2D eigenvalue weighted by atomic mass is 10.2. The monoisotopic (exact) mass is 533 g/mol. The lowest BCUT2D eigenvalue weighted by Crippen LogP contribution is -2.44. The summed E-state index contributed by atoms with van der Waals surface area (Å²) in [6.45, 7) is 6.51. The number of amides is 2. The first-order valence-corrected chi connectivity index (χ1v) is 10.7. The summed E-state index contributed by atoms with van der Waals surface area (Å²) in [6, 6.07) is -0.293. The van der Waals surface area contributed by atoms with E-state index in [4.69, 9.17) is 4.74 Å². The Kier molecular flexibility index (Phi) is 11.7. The van der Waals surface area contributed by atoms with Crippen molar-refractivity contribution in [3.63, 3.8) is 0 Å². The Morgan fingerprint density at radius 2 is 1.71 bits per heavy atom. The van der Waals surface area contributed by atoms with Crippen molar-refractivity contribution < 1.29 is 22.7 Å². The van der Waals surface area contributed by atoms with Gasteiger partial charge < -0.3 is 26.0 Å². The second-order valence-corrected chi connectivity index (χ2v) is 9.50. The molecule has 1 fully saturated rings. The largest absolute Gasteiger partial charge is 0.444 e. The number of nitrogens with one attached hydrogen (secondary N) is 4. The number of carbonyl (C=O) groups excluding carboxylic acids is 2. The van der Waals surface area contributed by atoms with Gasteiger partial charge in [0, 0.05) is 39.1 Å². The number of guanidine groups is 1. The zero-order chi connectivity index (χ0) is 20.5. The predicted molar refractivity (Wildman–Crippen MR) is 119 cm³/mol. The summed E-state index contributed by atoms with van der Waals surface area (Å²) in [5.74, 6) is 0.438. The summed E-state index contributed by atoms with van der Waals surface area (Å²) in [4.78, 5) is 27.4. The van der Waals surface area contributed by atoms with Gasteiger partial charge in [0.15, 0.2) is 15.8 Å². The Hall–Kier alpha value is -1.31. The van der Waals surface area contributed by atoms with Crippen LogP contribution >= 0.6 is 24.0 Å². The van der Waals surface area contributed by atoms with Crippen LogP contribution in [0.1, 0.15) is 33.6 Å². The molecule has 1 saturated heterocycles. The van der Waals surface area contributed by atoms with Crippen molar-refractivity contribution in [3.8, 4) is 0 Å². The lowest BCUT2D eigenvalue weighted by molar-refractivity contribution is -0.121. The predicted octanol–water partition coefficient (Wildman–Crippen LogP) is -0.0125. The zero-order valence-electron chi connectivity index (χ0n) is 16.8. The molecule has 164 valence electrons. The third kappa shape index (κ3) is 12.2. The van der Waals surface area contributed by atoms with Gasteiger partial charge in [0.1, 0.15) is 5.60 Å². The summed E-state index contributed by atoms with van der Waals surface area (Å²) in [6.07, 6.45) is 0.181. The Bertz CT molecular complexity index is 648. The van der Waals surface area contributed by atoms with E-state index in [1.807, 2.05) is 0 Å². The molecule has 0 bridgehead atoms. The normalized spacial score (nSPS) is 18.6. The SMILES string of the molecule is CN=C(NCCNC(=O)OC(C)(C)C)NCCC(=O)NC1CCS(=O)(=O)C1.I. The van der Waals surface area contributed by atoms with Gasteiger partial charge in [0.2, 0.25) is 5.91 Å². The van der Waals surface area contributed by atoms with Crippen LogP contribution in [0.4, 0.5) is 4.79 Å². The molecule has 1 aliphatic heterocycles. The van der Waals surface area contributed by atoms with Gasteiger partial charge >= 0.3 is 6.09 Å². The second kappa shape index (κ2) is 12.3. The highest BCUT2D eigenvalue weighted by Crippen LogP contribution is 2.11. The zero-order valence-corrected chi connectivity index (χ0v) is 20.0. The van der Waals surface area contributed by atoms with E-state index in [-0.39, 0.29) is 53.9 Å². The molecule has 0 aromatic heterocycles. The molecule has 4 N–H and O–H groups in total. The maximum Gasteiger partial charge on any atom is 0.407 e. The van der Waals surface area contributed by atoms with E-state index in [9.17, 15) is 18.0 Å². The van der Waals surface area contributed by atoms with Gasteiger partial charge in [-0.15, -0.1) is 24.0 Å². The van der Waals surface area contributed by atoms with Gasteiger partial charge in [0.25, 0.3) is 0 Å². The van der Waals surface area contributed by atoms with Crippen LogP contribution < -0.4 is 21.3 Å². The number of carbonyl (C=O) groups is 2. The van der Waals surface area contributed by atoms with Gasteiger partial charge in [-0.05, 0) is 27.2 Å². The molecule has 1 rings (SSSR count). The molecule has 28 heavy (non-hydrogen) atoms. The van der Waals surface area contributed by atoms with E-state index in [1.54, 1.807) is 27.8 Å². The standard InChI is InChI=1S/C16H31N5O5S.HI/c1-16(2,3)26-15(23)20-9-8-19-14(17-4)18-7-5-13(22)21-12-6-10-27(24,25)11-12;/h12H,5-11H2,1-4H3,(H,20,23)(H,21,22)(H2,17,18,19);1H. The van der Waals surface area contributed by atoms with Gasteiger partial charge in [-0.3, -0.25) is 9.79 Å². The molecule has 0 spiro atoms. The average Bonchev–Trinajstić information content (AvgIpc) is 2.86. The minimum Gasteiger partial charge on any atom is -0.444 e.